The number of ether oxygens (including phenoxy) is 2. The molecule has 0 aliphatic carbocycles. The number of thioether (sulfide) groups is 1. The van der Waals surface area contributed by atoms with E-state index in [1.165, 1.54) is 10.5 Å². The van der Waals surface area contributed by atoms with Gasteiger partial charge < -0.3 is 9.47 Å². The Morgan fingerprint density at radius 3 is 2.74 bits per heavy atom. The summed E-state index contributed by atoms with van der Waals surface area (Å²) in [6, 6.07) is 8.73. The molecule has 1 aromatic carbocycles. The van der Waals surface area contributed by atoms with E-state index >= 15 is 0 Å². The first kappa shape index (κ1) is 13.5. The minimum Gasteiger partial charge on any atom is -0.377 e. The van der Waals surface area contributed by atoms with Gasteiger partial charge in [-0.05, 0) is 38.3 Å². The molecule has 3 unspecified atom stereocenters. The molecule has 0 aromatic heterocycles. The molecule has 0 spiro atoms. The van der Waals surface area contributed by atoms with Crippen LogP contribution in [0.2, 0.25) is 0 Å². The molecule has 1 saturated heterocycles. The van der Waals surface area contributed by atoms with Crippen molar-refractivity contribution in [3.63, 3.8) is 0 Å². The highest BCUT2D eigenvalue weighted by Gasteiger charge is 2.28. The van der Waals surface area contributed by atoms with Gasteiger partial charge in [-0.2, -0.15) is 0 Å². The Hall–Kier alpha value is -0.510. The summed E-state index contributed by atoms with van der Waals surface area (Å²) in [4.78, 5) is 1.44. The van der Waals surface area contributed by atoms with Crippen molar-refractivity contribution >= 4 is 11.8 Å². The van der Waals surface area contributed by atoms with Gasteiger partial charge >= 0.3 is 0 Å². The van der Waals surface area contributed by atoms with Gasteiger partial charge in [0.15, 0.2) is 0 Å². The van der Waals surface area contributed by atoms with Gasteiger partial charge in [0.05, 0.1) is 24.9 Å². The summed E-state index contributed by atoms with van der Waals surface area (Å²) in [7, 11) is 0. The van der Waals surface area contributed by atoms with Crippen molar-refractivity contribution in [2.75, 3.05) is 12.4 Å². The second kappa shape index (κ2) is 5.86. The van der Waals surface area contributed by atoms with Crippen LogP contribution in [0.3, 0.4) is 0 Å². The zero-order valence-electron chi connectivity index (χ0n) is 11.7. The molecule has 1 fully saturated rings. The van der Waals surface area contributed by atoms with Crippen molar-refractivity contribution in [3.8, 4) is 0 Å². The summed E-state index contributed by atoms with van der Waals surface area (Å²) in [6.45, 7) is 5.15. The average Bonchev–Trinajstić information content (AvgIpc) is 2.78. The largest absolute Gasteiger partial charge is 0.377 e. The molecule has 2 aliphatic heterocycles. The van der Waals surface area contributed by atoms with E-state index in [9.17, 15) is 0 Å². The van der Waals surface area contributed by atoms with Crippen LogP contribution in [-0.4, -0.2) is 30.7 Å². The Morgan fingerprint density at radius 2 is 1.95 bits per heavy atom. The van der Waals surface area contributed by atoms with Crippen molar-refractivity contribution in [3.05, 3.63) is 29.8 Å². The van der Waals surface area contributed by atoms with E-state index in [1.807, 2.05) is 11.8 Å². The Labute approximate surface area is 119 Å². The zero-order chi connectivity index (χ0) is 13.2. The molecular weight excluding hydrogens is 256 g/mol. The topological polar surface area (TPSA) is 18.5 Å². The Morgan fingerprint density at radius 1 is 1.21 bits per heavy atom. The van der Waals surface area contributed by atoms with Crippen molar-refractivity contribution in [2.24, 2.45) is 0 Å². The van der Waals surface area contributed by atoms with Crippen LogP contribution in [0.4, 0.5) is 0 Å². The normalized spacial score (nSPS) is 34.2. The highest BCUT2D eigenvalue weighted by atomic mass is 32.2. The molecule has 0 amide bonds. The lowest BCUT2D eigenvalue weighted by Crippen LogP contribution is -2.34. The second-order valence-corrected chi connectivity index (χ2v) is 6.79. The van der Waals surface area contributed by atoms with E-state index in [1.54, 1.807) is 0 Å². The minimum atomic E-state index is 0.332. The lowest BCUT2D eigenvalue weighted by atomic mass is 10.0. The highest BCUT2D eigenvalue weighted by molar-refractivity contribution is 7.99. The molecule has 0 radical (unpaired) electrons. The SMILES string of the molecule is CC1CC(OCC2CSc3ccccc32)CC(C)O1. The van der Waals surface area contributed by atoms with Crippen LogP contribution in [0.1, 0.15) is 38.2 Å². The number of fused-ring (bicyclic) bond motifs is 1. The van der Waals surface area contributed by atoms with Crippen molar-refractivity contribution < 1.29 is 9.47 Å². The van der Waals surface area contributed by atoms with Gasteiger partial charge in [0.25, 0.3) is 0 Å². The summed E-state index contributed by atoms with van der Waals surface area (Å²) in [5, 5.41) is 0. The molecule has 0 bridgehead atoms. The molecule has 1 aromatic rings. The van der Waals surface area contributed by atoms with Gasteiger partial charge in [-0.3, -0.25) is 0 Å². The summed E-state index contributed by atoms with van der Waals surface area (Å²) < 4.78 is 11.9. The summed E-state index contributed by atoms with van der Waals surface area (Å²) in [5.41, 5.74) is 1.47. The third kappa shape index (κ3) is 3.15. The predicted octanol–water partition coefficient (Wildman–Crippen LogP) is 3.85. The highest BCUT2D eigenvalue weighted by Crippen LogP contribution is 2.39. The summed E-state index contributed by atoms with van der Waals surface area (Å²) >= 11 is 1.96. The molecule has 0 N–H and O–H groups in total. The first-order valence-electron chi connectivity index (χ1n) is 7.21. The third-order valence-corrected chi connectivity index (χ3v) is 5.24. The third-order valence-electron chi connectivity index (χ3n) is 3.99. The molecule has 3 rings (SSSR count). The summed E-state index contributed by atoms with van der Waals surface area (Å²) in [6.07, 6.45) is 3.10. The Balaban J connectivity index is 1.56. The standard InChI is InChI=1S/C16H22O2S/c1-11-7-14(8-12(2)18-11)17-9-13-10-19-16-6-4-3-5-15(13)16/h3-6,11-14H,7-10H2,1-2H3. The molecule has 0 saturated carbocycles. The molecule has 2 aliphatic rings. The van der Waals surface area contributed by atoms with Crippen LogP contribution in [0.25, 0.3) is 0 Å². The van der Waals surface area contributed by atoms with Crippen molar-refractivity contribution in [1.29, 1.82) is 0 Å². The van der Waals surface area contributed by atoms with E-state index in [-0.39, 0.29) is 0 Å². The van der Waals surface area contributed by atoms with Crippen LogP contribution in [0.5, 0.6) is 0 Å². The fraction of sp³-hybridized carbons (Fsp3) is 0.625. The molecule has 3 heteroatoms. The predicted molar refractivity (Wildman–Crippen MR) is 78.9 cm³/mol. The second-order valence-electron chi connectivity index (χ2n) is 5.73. The van der Waals surface area contributed by atoms with Crippen LogP contribution < -0.4 is 0 Å². The molecule has 104 valence electrons. The lowest BCUT2D eigenvalue weighted by Gasteiger charge is -2.32. The molecule has 2 heterocycles. The average molecular weight is 278 g/mol. The summed E-state index contributed by atoms with van der Waals surface area (Å²) in [5.74, 6) is 1.72. The fourth-order valence-corrected chi connectivity index (χ4v) is 4.33. The number of benzene rings is 1. The van der Waals surface area contributed by atoms with Crippen LogP contribution in [0, 0.1) is 0 Å². The smallest absolute Gasteiger partial charge is 0.0624 e. The molecule has 19 heavy (non-hydrogen) atoms. The molecular formula is C16H22O2S. The monoisotopic (exact) mass is 278 g/mol. The van der Waals surface area contributed by atoms with Crippen molar-refractivity contribution in [1.82, 2.24) is 0 Å². The molecule has 3 atom stereocenters. The quantitative estimate of drug-likeness (QED) is 0.836. The van der Waals surface area contributed by atoms with Crippen molar-refractivity contribution in [2.45, 2.75) is 55.8 Å². The number of rotatable bonds is 3. The Bertz CT molecular complexity index is 425. The van der Waals surface area contributed by atoms with Gasteiger partial charge in [-0.1, -0.05) is 18.2 Å². The van der Waals surface area contributed by atoms with E-state index in [0.717, 1.165) is 25.2 Å². The maximum Gasteiger partial charge on any atom is 0.0624 e. The van der Waals surface area contributed by atoms with Crippen LogP contribution >= 0.6 is 11.8 Å². The van der Waals surface area contributed by atoms with Crippen LogP contribution in [-0.2, 0) is 9.47 Å². The maximum atomic E-state index is 6.17. The fourth-order valence-electron chi connectivity index (χ4n) is 3.10. The van der Waals surface area contributed by atoms with Gasteiger partial charge in [0.2, 0.25) is 0 Å². The maximum absolute atomic E-state index is 6.17. The van der Waals surface area contributed by atoms with E-state index in [2.05, 4.69) is 38.1 Å². The first-order valence-corrected chi connectivity index (χ1v) is 8.19. The zero-order valence-corrected chi connectivity index (χ0v) is 12.5. The first-order chi connectivity index (χ1) is 9.22. The number of hydrogen-bond acceptors (Lipinski definition) is 3. The van der Waals surface area contributed by atoms with Gasteiger partial charge in [0.1, 0.15) is 0 Å². The number of hydrogen-bond donors (Lipinski definition) is 0. The van der Waals surface area contributed by atoms with Crippen LogP contribution in [0.15, 0.2) is 29.2 Å². The van der Waals surface area contributed by atoms with E-state index in [4.69, 9.17) is 9.47 Å². The lowest BCUT2D eigenvalue weighted by molar-refractivity contribution is -0.103. The Kier molecular flexibility index (Phi) is 4.15. The van der Waals surface area contributed by atoms with E-state index < -0.39 is 0 Å². The minimum absolute atomic E-state index is 0.332. The van der Waals surface area contributed by atoms with Gasteiger partial charge in [-0.15, -0.1) is 11.8 Å². The van der Waals surface area contributed by atoms with Gasteiger partial charge in [-0.25, -0.2) is 0 Å². The van der Waals surface area contributed by atoms with Gasteiger partial charge in [0, 0.05) is 16.6 Å². The molecule has 2 nitrogen and oxygen atoms in total. The van der Waals surface area contributed by atoms with E-state index in [0.29, 0.717) is 24.2 Å².